The molecule has 0 amide bonds. The highest BCUT2D eigenvalue weighted by Crippen LogP contribution is 2.28. The number of nitrogens with one attached hydrogen (secondary N) is 2. The van der Waals surface area contributed by atoms with E-state index in [1.165, 1.54) is 12.8 Å². The van der Waals surface area contributed by atoms with E-state index in [-0.39, 0.29) is 0 Å². The largest absolute Gasteiger partial charge is 0.497 e. The van der Waals surface area contributed by atoms with Gasteiger partial charge in [0, 0.05) is 17.9 Å². The van der Waals surface area contributed by atoms with Crippen LogP contribution in [0.3, 0.4) is 0 Å². The van der Waals surface area contributed by atoms with Crippen LogP contribution < -0.4 is 10.1 Å². The number of piperidine rings is 1. The molecule has 2 N–H and O–H groups in total. The molecule has 18 heavy (non-hydrogen) atoms. The first-order valence-corrected chi connectivity index (χ1v) is 7.14. The number of hydrogen-bond donors (Lipinski definition) is 2. The molecule has 2 aromatic rings. The highest BCUT2D eigenvalue weighted by molar-refractivity contribution is 7.99. The van der Waals surface area contributed by atoms with Crippen molar-refractivity contribution in [1.29, 1.82) is 0 Å². The molecule has 1 fully saturated rings. The Balaban J connectivity index is 1.79. The van der Waals surface area contributed by atoms with Crippen LogP contribution in [0.4, 0.5) is 0 Å². The molecule has 1 saturated heterocycles. The van der Waals surface area contributed by atoms with E-state index < -0.39 is 0 Å². The first-order chi connectivity index (χ1) is 8.85. The zero-order chi connectivity index (χ0) is 12.4. The van der Waals surface area contributed by atoms with Crippen LogP contribution in [0.15, 0.2) is 23.4 Å². The van der Waals surface area contributed by atoms with Gasteiger partial charge in [0.2, 0.25) is 0 Å². The van der Waals surface area contributed by atoms with Crippen LogP contribution in [0.2, 0.25) is 0 Å². The Hall–Kier alpha value is -1.20. The predicted octanol–water partition coefficient (Wildman–Crippen LogP) is 2.42. The summed E-state index contributed by atoms with van der Waals surface area (Å²) in [6, 6.07) is 5.93. The van der Waals surface area contributed by atoms with E-state index in [2.05, 4.69) is 15.3 Å². The summed E-state index contributed by atoms with van der Waals surface area (Å²) in [5, 5.41) is 5.06. The molecule has 0 spiro atoms. The van der Waals surface area contributed by atoms with Crippen LogP contribution in [0.5, 0.6) is 5.75 Å². The fraction of sp³-hybridized carbons (Fsp3) is 0.462. The molecule has 0 saturated carbocycles. The second-order valence-electron chi connectivity index (χ2n) is 4.51. The van der Waals surface area contributed by atoms with Gasteiger partial charge in [-0.05, 0) is 31.5 Å². The number of aromatic nitrogens is 2. The minimum Gasteiger partial charge on any atom is -0.497 e. The average Bonchev–Trinajstić information content (AvgIpc) is 2.80. The lowest BCUT2D eigenvalue weighted by Gasteiger charge is -2.20. The molecule has 5 heteroatoms. The summed E-state index contributed by atoms with van der Waals surface area (Å²) in [5.74, 6) is 0.863. The van der Waals surface area contributed by atoms with E-state index >= 15 is 0 Å². The summed E-state index contributed by atoms with van der Waals surface area (Å²) in [6.45, 7) is 2.22. The van der Waals surface area contributed by atoms with Gasteiger partial charge in [-0.3, -0.25) is 0 Å². The van der Waals surface area contributed by atoms with Crippen molar-refractivity contribution < 1.29 is 4.74 Å². The molecule has 4 nitrogen and oxygen atoms in total. The van der Waals surface area contributed by atoms with Gasteiger partial charge in [0.15, 0.2) is 5.16 Å². The third kappa shape index (κ3) is 2.47. The van der Waals surface area contributed by atoms with Crippen molar-refractivity contribution in [2.24, 2.45) is 0 Å². The van der Waals surface area contributed by atoms with Gasteiger partial charge in [-0.1, -0.05) is 11.8 Å². The average molecular weight is 263 g/mol. The maximum Gasteiger partial charge on any atom is 0.166 e. The molecule has 0 radical (unpaired) electrons. The van der Waals surface area contributed by atoms with Gasteiger partial charge in [-0.2, -0.15) is 0 Å². The van der Waals surface area contributed by atoms with Crippen LogP contribution in [0, 0.1) is 0 Å². The Kier molecular flexibility index (Phi) is 3.43. The quantitative estimate of drug-likeness (QED) is 0.893. The Morgan fingerprint density at radius 1 is 1.44 bits per heavy atom. The van der Waals surface area contributed by atoms with Crippen LogP contribution in [-0.2, 0) is 0 Å². The van der Waals surface area contributed by atoms with Gasteiger partial charge < -0.3 is 15.0 Å². The number of methoxy groups -OCH3 is 1. The van der Waals surface area contributed by atoms with E-state index in [9.17, 15) is 0 Å². The zero-order valence-corrected chi connectivity index (χ0v) is 11.2. The Labute approximate surface area is 111 Å². The molecular weight excluding hydrogens is 246 g/mol. The lowest BCUT2D eigenvalue weighted by Crippen LogP contribution is -2.31. The monoisotopic (exact) mass is 263 g/mol. The normalized spacial score (nSPS) is 20.2. The van der Waals surface area contributed by atoms with Crippen molar-refractivity contribution in [2.45, 2.75) is 23.2 Å². The van der Waals surface area contributed by atoms with Gasteiger partial charge in [-0.25, -0.2) is 4.98 Å². The lowest BCUT2D eigenvalue weighted by molar-refractivity contribution is 0.415. The van der Waals surface area contributed by atoms with Crippen LogP contribution in [0.1, 0.15) is 12.8 Å². The summed E-state index contributed by atoms with van der Waals surface area (Å²) < 4.78 is 5.22. The van der Waals surface area contributed by atoms with E-state index in [1.54, 1.807) is 7.11 Å². The zero-order valence-electron chi connectivity index (χ0n) is 10.4. The number of benzene rings is 1. The van der Waals surface area contributed by atoms with Crippen LogP contribution in [0.25, 0.3) is 11.0 Å². The Morgan fingerprint density at radius 2 is 2.39 bits per heavy atom. The summed E-state index contributed by atoms with van der Waals surface area (Å²) in [6.07, 6.45) is 2.52. The molecule has 0 aliphatic carbocycles. The van der Waals surface area contributed by atoms with E-state index in [0.29, 0.717) is 5.25 Å². The predicted molar refractivity (Wildman–Crippen MR) is 74.4 cm³/mol. The topological polar surface area (TPSA) is 49.9 Å². The SMILES string of the molecule is COc1ccc2nc(SC3CCCNC3)[nH]c2c1. The molecule has 0 bridgehead atoms. The third-order valence-electron chi connectivity index (χ3n) is 3.20. The molecule has 1 aromatic carbocycles. The fourth-order valence-corrected chi connectivity index (χ4v) is 3.35. The molecule has 3 rings (SSSR count). The van der Waals surface area contributed by atoms with E-state index in [1.807, 2.05) is 30.0 Å². The maximum absolute atomic E-state index is 5.22. The third-order valence-corrected chi connectivity index (χ3v) is 4.35. The summed E-state index contributed by atoms with van der Waals surface area (Å²) >= 11 is 1.83. The number of H-pyrrole nitrogens is 1. The van der Waals surface area contributed by atoms with Gasteiger partial charge in [-0.15, -0.1) is 0 Å². The number of nitrogens with zero attached hydrogens (tertiary/aromatic N) is 1. The van der Waals surface area contributed by atoms with E-state index in [4.69, 9.17) is 4.74 Å². The maximum atomic E-state index is 5.22. The van der Waals surface area contributed by atoms with Gasteiger partial charge in [0.05, 0.1) is 18.1 Å². The molecular formula is C13H17N3OS. The van der Waals surface area contributed by atoms with Crippen molar-refractivity contribution in [3.63, 3.8) is 0 Å². The number of imidazole rings is 1. The Morgan fingerprint density at radius 3 is 3.17 bits per heavy atom. The van der Waals surface area contributed by atoms with Crippen molar-refractivity contribution in [3.05, 3.63) is 18.2 Å². The molecule has 1 atom stereocenters. The highest BCUT2D eigenvalue weighted by Gasteiger charge is 2.16. The minimum atomic E-state index is 0.626. The van der Waals surface area contributed by atoms with Gasteiger partial charge in [0.25, 0.3) is 0 Å². The van der Waals surface area contributed by atoms with Crippen molar-refractivity contribution >= 4 is 22.8 Å². The summed E-state index contributed by atoms with van der Waals surface area (Å²) in [7, 11) is 1.68. The molecule has 1 aromatic heterocycles. The molecule has 1 aliphatic rings. The number of hydrogen-bond acceptors (Lipinski definition) is 4. The smallest absolute Gasteiger partial charge is 0.166 e. The lowest BCUT2D eigenvalue weighted by atomic mass is 10.2. The molecule has 2 heterocycles. The summed E-state index contributed by atoms with van der Waals surface area (Å²) in [4.78, 5) is 7.97. The molecule has 1 aliphatic heterocycles. The molecule has 1 unspecified atom stereocenters. The number of thioether (sulfide) groups is 1. The number of fused-ring (bicyclic) bond motifs is 1. The number of rotatable bonds is 3. The number of aromatic amines is 1. The van der Waals surface area contributed by atoms with Crippen molar-refractivity contribution in [3.8, 4) is 5.75 Å². The highest BCUT2D eigenvalue weighted by atomic mass is 32.2. The van der Waals surface area contributed by atoms with Gasteiger partial charge in [0.1, 0.15) is 5.75 Å². The summed E-state index contributed by atoms with van der Waals surface area (Å²) in [5.41, 5.74) is 2.04. The minimum absolute atomic E-state index is 0.626. The first kappa shape index (κ1) is 11.9. The number of ether oxygens (including phenoxy) is 1. The van der Waals surface area contributed by atoms with Crippen molar-refractivity contribution in [2.75, 3.05) is 20.2 Å². The second kappa shape index (κ2) is 5.20. The van der Waals surface area contributed by atoms with Crippen LogP contribution in [-0.4, -0.2) is 35.4 Å². The second-order valence-corrected chi connectivity index (χ2v) is 5.80. The Bertz CT molecular complexity index is 534. The first-order valence-electron chi connectivity index (χ1n) is 6.26. The van der Waals surface area contributed by atoms with Gasteiger partial charge >= 0.3 is 0 Å². The fourth-order valence-electron chi connectivity index (χ4n) is 2.23. The molecule has 96 valence electrons. The van der Waals surface area contributed by atoms with E-state index in [0.717, 1.165) is 35.0 Å². The standard InChI is InChI=1S/C13H17N3OS/c1-17-9-4-5-11-12(7-9)16-13(15-11)18-10-3-2-6-14-8-10/h4-5,7,10,14H,2-3,6,8H2,1H3,(H,15,16). The van der Waals surface area contributed by atoms with Crippen molar-refractivity contribution in [1.82, 2.24) is 15.3 Å². The van der Waals surface area contributed by atoms with Crippen LogP contribution >= 0.6 is 11.8 Å².